The Balaban J connectivity index is 2.30. The van der Waals surface area contributed by atoms with Gasteiger partial charge in [-0.25, -0.2) is 0 Å². The van der Waals surface area contributed by atoms with Gasteiger partial charge in [-0.3, -0.25) is 0 Å². The van der Waals surface area contributed by atoms with Gasteiger partial charge in [0.25, 0.3) is 0 Å². The van der Waals surface area contributed by atoms with Crippen LogP contribution in [0.5, 0.6) is 0 Å². The van der Waals surface area contributed by atoms with Gasteiger partial charge in [-0.1, -0.05) is 13.8 Å². The first-order valence-corrected chi connectivity index (χ1v) is 5.40. The van der Waals surface area contributed by atoms with Crippen molar-refractivity contribution in [3.8, 4) is 0 Å². The monoisotopic (exact) mass is 211 g/mol. The Morgan fingerprint density at radius 3 is 2.73 bits per heavy atom. The number of aryl methyl sites for hydroxylation is 1. The molecule has 1 heterocycles. The first-order valence-electron chi connectivity index (χ1n) is 5.40. The summed E-state index contributed by atoms with van der Waals surface area (Å²) >= 11 is 0. The van der Waals surface area contributed by atoms with Crippen LogP contribution in [0.25, 0.3) is 0 Å². The van der Waals surface area contributed by atoms with Gasteiger partial charge in [0.1, 0.15) is 5.76 Å². The standard InChI is InChI=1S/C12H21NO2/c1-10-4-7-15-11(10)8-13-9-12(2,3)5-6-14/h4,7,13-14H,5-6,8-9H2,1-3H3. The predicted molar refractivity (Wildman–Crippen MR) is 60.6 cm³/mol. The second-order valence-electron chi connectivity index (χ2n) is 4.77. The molecule has 0 amide bonds. The Labute approximate surface area is 91.5 Å². The molecule has 2 N–H and O–H groups in total. The Hall–Kier alpha value is -0.800. The van der Waals surface area contributed by atoms with Gasteiger partial charge in [-0.05, 0) is 30.4 Å². The van der Waals surface area contributed by atoms with Crippen LogP contribution in [0.15, 0.2) is 16.7 Å². The van der Waals surface area contributed by atoms with E-state index in [9.17, 15) is 0 Å². The summed E-state index contributed by atoms with van der Waals surface area (Å²) in [7, 11) is 0. The maximum absolute atomic E-state index is 8.88. The number of aliphatic hydroxyl groups is 1. The number of aliphatic hydroxyl groups excluding tert-OH is 1. The summed E-state index contributed by atoms with van der Waals surface area (Å²) in [6.07, 6.45) is 2.53. The Kier molecular flexibility index (Phi) is 4.36. The van der Waals surface area contributed by atoms with Gasteiger partial charge in [-0.2, -0.15) is 0 Å². The summed E-state index contributed by atoms with van der Waals surface area (Å²) in [4.78, 5) is 0. The summed E-state index contributed by atoms with van der Waals surface area (Å²) in [5.74, 6) is 0.995. The van der Waals surface area contributed by atoms with Gasteiger partial charge in [0.05, 0.1) is 12.8 Å². The van der Waals surface area contributed by atoms with E-state index >= 15 is 0 Å². The highest BCUT2D eigenvalue weighted by molar-refractivity contribution is 5.14. The molecule has 0 unspecified atom stereocenters. The van der Waals surface area contributed by atoms with Gasteiger partial charge in [0.15, 0.2) is 0 Å². The highest BCUT2D eigenvalue weighted by Crippen LogP contribution is 2.18. The predicted octanol–water partition coefficient (Wildman–Crippen LogP) is 2.09. The van der Waals surface area contributed by atoms with Gasteiger partial charge in [0.2, 0.25) is 0 Å². The number of hydrogen-bond donors (Lipinski definition) is 2. The molecule has 0 atom stereocenters. The molecule has 0 aliphatic carbocycles. The number of nitrogens with one attached hydrogen (secondary N) is 1. The van der Waals surface area contributed by atoms with Crippen molar-refractivity contribution in [3.63, 3.8) is 0 Å². The number of rotatable bonds is 6. The normalized spacial score (nSPS) is 12.0. The van der Waals surface area contributed by atoms with Crippen LogP contribution in [-0.2, 0) is 6.54 Å². The lowest BCUT2D eigenvalue weighted by molar-refractivity contribution is 0.206. The fourth-order valence-corrected chi connectivity index (χ4v) is 1.49. The van der Waals surface area contributed by atoms with Crippen molar-refractivity contribution in [3.05, 3.63) is 23.7 Å². The number of hydrogen-bond acceptors (Lipinski definition) is 3. The van der Waals surface area contributed by atoms with Crippen LogP contribution in [0.1, 0.15) is 31.6 Å². The molecule has 15 heavy (non-hydrogen) atoms. The lowest BCUT2D eigenvalue weighted by Crippen LogP contribution is -2.29. The first-order chi connectivity index (χ1) is 7.05. The molecule has 0 saturated heterocycles. The molecule has 0 aliphatic rings. The summed E-state index contributed by atoms with van der Waals surface area (Å²) in [5, 5.41) is 12.2. The van der Waals surface area contributed by atoms with E-state index in [4.69, 9.17) is 9.52 Å². The fourth-order valence-electron chi connectivity index (χ4n) is 1.49. The Bertz CT molecular complexity index is 292. The van der Waals surface area contributed by atoms with E-state index in [1.54, 1.807) is 6.26 Å². The van der Waals surface area contributed by atoms with E-state index in [-0.39, 0.29) is 12.0 Å². The van der Waals surface area contributed by atoms with Gasteiger partial charge in [0, 0.05) is 13.2 Å². The average Bonchev–Trinajstić information content (AvgIpc) is 2.51. The molecule has 0 bridgehead atoms. The van der Waals surface area contributed by atoms with Gasteiger partial charge >= 0.3 is 0 Å². The quantitative estimate of drug-likeness (QED) is 0.757. The van der Waals surface area contributed by atoms with Gasteiger partial charge in [-0.15, -0.1) is 0 Å². The molecule has 3 nitrogen and oxygen atoms in total. The molecule has 1 aromatic heterocycles. The van der Waals surface area contributed by atoms with Crippen molar-refractivity contribution in [1.29, 1.82) is 0 Å². The average molecular weight is 211 g/mol. The molecule has 0 aromatic carbocycles. The van der Waals surface area contributed by atoms with Crippen molar-refractivity contribution in [2.24, 2.45) is 5.41 Å². The van der Waals surface area contributed by atoms with Crippen LogP contribution in [0.4, 0.5) is 0 Å². The summed E-state index contributed by atoms with van der Waals surface area (Å²) in [6.45, 7) is 8.21. The molecular formula is C12H21NO2. The van der Waals surface area contributed by atoms with Crippen LogP contribution >= 0.6 is 0 Å². The summed E-state index contributed by atoms with van der Waals surface area (Å²) < 4.78 is 5.33. The Morgan fingerprint density at radius 1 is 1.47 bits per heavy atom. The van der Waals surface area contributed by atoms with Crippen molar-refractivity contribution in [2.75, 3.05) is 13.2 Å². The lowest BCUT2D eigenvalue weighted by Gasteiger charge is -2.23. The molecule has 0 fully saturated rings. The van der Waals surface area contributed by atoms with E-state index in [1.165, 1.54) is 5.56 Å². The van der Waals surface area contributed by atoms with Crippen LogP contribution in [0.3, 0.4) is 0 Å². The largest absolute Gasteiger partial charge is 0.468 e. The highest BCUT2D eigenvalue weighted by atomic mass is 16.3. The molecule has 0 aliphatic heterocycles. The third-order valence-corrected chi connectivity index (χ3v) is 2.65. The Morgan fingerprint density at radius 2 is 2.20 bits per heavy atom. The zero-order valence-electron chi connectivity index (χ0n) is 9.84. The van der Waals surface area contributed by atoms with Crippen molar-refractivity contribution in [1.82, 2.24) is 5.32 Å². The molecule has 1 rings (SSSR count). The smallest absolute Gasteiger partial charge is 0.120 e. The van der Waals surface area contributed by atoms with E-state index in [1.807, 2.05) is 13.0 Å². The molecule has 3 heteroatoms. The fraction of sp³-hybridized carbons (Fsp3) is 0.667. The minimum absolute atomic E-state index is 0.134. The number of furan rings is 1. The summed E-state index contributed by atoms with van der Waals surface area (Å²) in [6, 6.07) is 1.97. The van der Waals surface area contributed by atoms with Crippen molar-refractivity contribution >= 4 is 0 Å². The summed E-state index contributed by atoms with van der Waals surface area (Å²) in [5.41, 5.74) is 1.32. The van der Waals surface area contributed by atoms with E-state index in [0.717, 1.165) is 25.3 Å². The molecular weight excluding hydrogens is 190 g/mol. The first kappa shape index (κ1) is 12.3. The maximum atomic E-state index is 8.88. The second kappa shape index (κ2) is 5.33. The molecule has 0 radical (unpaired) electrons. The lowest BCUT2D eigenvalue weighted by atomic mass is 9.90. The van der Waals surface area contributed by atoms with Crippen molar-refractivity contribution in [2.45, 2.75) is 33.7 Å². The SMILES string of the molecule is Cc1ccoc1CNCC(C)(C)CCO. The minimum Gasteiger partial charge on any atom is -0.468 e. The molecule has 0 saturated carbocycles. The highest BCUT2D eigenvalue weighted by Gasteiger charge is 2.16. The topological polar surface area (TPSA) is 45.4 Å². The molecule has 0 spiro atoms. The van der Waals surface area contributed by atoms with E-state index in [2.05, 4.69) is 19.2 Å². The van der Waals surface area contributed by atoms with Crippen molar-refractivity contribution < 1.29 is 9.52 Å². The zero-order valence-corrected chi connectivity index (χ0v) is 9.84. The maximum Gasteiger partial charge on any atom is 0.120 e. The van der Waals surface area contributed by atoms with E-state index < -0.39 is 0 Å². The third kappa shape index (κ3) is 4.06. The second-order valence-corrected chi connectivity index (χ2v) is 4.77. The third-order valence-electron chi connectivity index (χ3n) is 2.65. The zero-order chi connectivity index (χ0) is 11.3. The minimum atomic E-state index is 0.134. The van der Waals surface area contributed by atoms with Crippen LogP contribution < -0.4 is 5.32 Å². The van der Waals surface area contributed by atoms with Crippen LogP contribution in [0, 0.1) is 12.3 Å². The van der Waals surface area contributed by atoms with E-state index in [0.29, 0.717) is 0 Å². The molecule has 86 valence electrons. The van der Waals surface area contributed by atoms with Crippen LogP contribution in [-0.4, -0.2) is 18.3 Å². The van der Waals surface area contributed by atoms with Crippen LogP contribution in [0.2, 0.25) is 0 Å². The molecule has 1 aromatic rings. The van der Waals surface area contributed by atoms with Gasteiger partial charge < -0.3 is 14.8 Å².